The van der Waals surface area contributed by atoms with E-state index in [0.29, 0.717) is 51.0 Å². The smallest absolute Gasteiger partial charge is 0.294 e. The Morgan fingerprint density at radius 2 is 1.70 bits per heavy atom. The van der Waals surface area contributed by atoms with E-state index in [0.717, 1.165) is 11.1 Å². The molecule has 0 aliphatic carbocycles. The predicted octanol–water partition coefficient (Wildman–Crippen LogP) is 5.68. The number of amides is 1. The van der Waals surface area contributed by atoms with Crippen LogP contribution in [0.15, 0.2) is 71.1 Å². The van der Waals surface area contributed by atoms with Gasteiger partial charge >= 0.3 is 0 Å². The molecule has 1 N–H and O–H groups in total. The highest BCUT2D eigenvalue weighted by atomic mass is 16.7. The number of aryl methyl sites for hydroxylation is 1. The third-order valence-corrected chi connectivity index (χ3v) is 6.58. The number of H-pyrrole nitrogens is 1. The number of benzene rings is 3. The molecule has 1 aliphatic heterocycles. The molecule has 184 valence electrons. The van der Waals surface area contributed by atoms with Crippen molar-refractivity contribution in [2.75, 3.05) is 18.7 Å². The summed E-state index contributed by atoms with van der Waals surface area (Å²) in [4.78, 5) is 35.8. The van der Waals surface area contributed by atoms with Crippen LogP contribution in [0.2, 0.25) is 0 Å². The second-order valence-electron chi connectivity index (χ2n) is 8.90. The quantitative estimate of drug-likeness (QED) is 0.317. The van der Waals surface area contributed by atoms with E-state index in [-0.39, 0.29) is 24.2 Å². The van der Waals surface area contributed by atoms with Gasteiger partial charge in [0.2, 0.25) is 6.79 Å². The van der Waals surface area contributed by atoms with Gasteiger partial charge in [-0.1, -0.05) is 30.3 Å². The lowest BCUT2D eigenvalue weighted by molar-refractivity contribution is 0.0963. The zero-order chi connectivity index (χ0) is 25.7. The Bertz CT molecular complexity index is 1680. The van der Waals surface area contributed by atoms with Gasteiger partial charge in [0, 0.05) is 35.5 Å². The number of imidazole rings is 1. The van der Waals surface area contributed by atoms with Crippen molar-refractivity contribution in [1.29, 1.82) is 0 Å². The van der Waals surface area contributed by atoms with Crippen LogP contribution < -0.4 is 14.4 Å². The van der Waals surface area contributed by atoms with Crippen molar-refractivity contribution in [3.05, 3.63) is 94.9 Å². The van der Waals surface area contributed by atoms with E-state index in [1.807, 2.05) is 31.2 Å². The first-order valence-electron chi connectivity index (χ1n) is 11.8. The monoisotopic (exact) mass is 493 g/mol. The maximum atomic E-state index is 13.4. The van der Waals surface area contributed by atoms with Gasteiger partial charge in [-0.25, -0.2) is 4.98 Å². The van der Waals surface area contributed by atoms with E-state index < -0.39 is 0 Å². The fourth-order valence-electron chi connectivity index (χ4n) is 4.60. The van der Waals surface area contributed by atoms with Gasteiger partial charge in [-0.15, -0.1) is 0 Å². The first-order chi connectivity index (χ1) is 17.9. The summed E-state index contributed by atoms with van der Waals surface area (Å²) in [6, 6.07) is 19.9. The molecule has 37 heavy (non-hydrogen) atoms. The highest BCUT2D eigenvalue weighted by molar-refractivity contribution is 6.10. The molecule has 2 aromatic heterocycles. The lowest BCUT2D eigenvalue weighted by Gasteiger charge is -2.16. The Morgan fingerprint density at radius 3 is 2.51 bits per heavy atom. The van der Waals surface area contributed by atoms with Gasteiger partial charge < -0.3 is 23.8 Å². The van der Waals surface area contributed by atoms with Crippen LogP contribution in [-0.4, -0.2) is 35.5 Å². The largest absolute Gasteiger partial charge is 0.455 e. The second kappa shape index (κ2) is 8.67. The van der Waals surface area contributed by atoms with Crippen molar-refractivity contribution < 1.29 is 23.5 Å². The maximum absolute atomic E-state index is 13.4. The molecule has 1 amide bonds. The van der Waals surface area contributed by atoms with Crippen LogP contribution in [0.4, 0.5) is 5.69 Å². The maximum Gasteiger partial charge on any atom is 0.294 e. The van der Waals surface area contributed by atoms with Crippen LogP contribution in [0.1, 0.15) is 37.8 Å². The summed E-state index contributed by atoms with van der Waals surface area (Å²) >= 11 is 0. The molecule has 3 aromatic carbocycles. The Morgan fingerprint density at radius 1 is 0.919 bits per heavy atom. The number of anilines is 1. The molecule has 0 bridgehead atoms. The lowest BCUT2D eigenvalue weighted by Crippen LogP contribution is -2.26. The van der Waals surface area contributed by atoms with Crippen molar-refractivity contribution in [3.63, 3.8) is 0 Å². The van der Waals surface area contributed by atoms with E-state index >= 15 is 0 Å². The number of aromatic nitrogens is 2. The number of fused-ring (bicyclic) bond motifs is 2. The number of aromatic amines is 1. The van der Waals surface area contributed by atoms with Gasteiger partial charge in [-0.3, -0.25) is 9.59 Å². The molecule has 8 heteroatoms. The Labute approximate surface area is 212 Å². The molecule has 0 atom stereocenters. The van der Waals surface area contributed by atoms with Crippen LogP contribution in [0, 0.1) is 13.8 Å². The zero-order valence-corrected chi connectivity index (χ0v) is 20.5. The van der Waals surface area contributed by atoms with E-state index in [1.54, 1.807) is 56.4 Å². The average Bonchev–Trinajstić information content (AvgIpc) is 3.63. The zero-order valence-electron chi connectivity index (χ0n) is 20.5. The molecule has 0 radical (unpaired) electrons. The highest BCUT2D eigenvalue weighted by Gasteiger charge is 2.27. The SMILES string of the molecule is Cc1oc(C(=O)N(C)c2ccc3c(c2)OCO3)c(C)c1-c1nc2ccc(C(=O)c3ccccc3)cc2[nH]1. The molecule has 0 spiro atoms. The number of furan rings is 1. The predicted molar refractivity (Wildman–Crippen MR) is 138 cm³/mol. The van der Waals surface area contributed by atoms with Crippen LogP contribution in [0.25, 0.3) is 22.4 Å². The van der Waals surface area contributed by atoms with Crippen molar-refractivity contribution in [2.24, 2.45) is 0 Å². The normalized spacial score (nSPS) is 12.2. The minimum absolute atomic E-state index is 0.0613. The number of rotatable bonds is 5. The molecule has 0 saturated heterocycles. The number of carbonyl (C=O) groups is 2. The topological polar surface area (TPSA) is 97.7 Å². The van der Waals surface area contributed by atoms with Gasteiger partial charge in [0.1, 0.15) is 11.6 Å². The fourth-order valence-corrected chi connectivity index (χ4v) is 4.60. The summed E-state index contributed by atoms with van der Waals surface area (Å²) in [5.41, 5.74) is 4.67. The third-order valence-electron chi connectivity index (χ3n) is 6.58. The van der Waals surface area contributed by atoms with Crippen molar-refractivity contribution in [2.45, 2.75) is 13.8 Å². The minimum Gasteiger partial charge on any atom is -0.455 e. The van der Waals surface area contributed by atoms with Crippen molar-refractivity contribution >= 4 is 28.4 Å². The summed E-state index contributed by atoms with van der Waals surface area (Å²) in [6.45, 7) is 3.80. The number of hydrogen-bond acceptors (Lipinski definition) is 6. The first kappa shape index (κ1) is 22.6. The minimum atomic E-state index is -0.294. The van der Waals surface area contributed by atoms with Crippen LogP contribution in [0.5, 0.6) is 11.5 Å². The number of carbonyl (C=O) groups excluding carboxylic acids is 2. The van der Waals surface area contributed by atoms with Crippen LogP contribution in [-0.2, 0) is 0 Å². The van der Waals surface area contributed by atoms with E-state index in [1.165, 1.54) is 4.90 Å². The highest BCUT2D eigenvalue weighted by Crippen LogP contribution is 2.37. The van der Waals surface area contributed by atoms with E-state index in [4.69, 9.17) is 18.9 Å². The first-order valence-corrected chi connectivity index (χ1v) is 11.8. The van der Waals surface area contributed by atoms with Gasteiger partial charge in [-0.2, -0.15) is 0 Å². The van der Waals surface area contributed by atoms with Gasteiger partial charge in [0.15, 0.2) is 23.0 Å². The summed E-state index contributed by atoms with van der Waals surface area (Å²) in [6.07, 6.45) is 0. The summed E-state index contributed by atoms with van der Waals surface area (Å²) in [5, 5.41) is 0. The molecule has 1 aliphatic rings. The molecule has 0 fully saturated rings. The molecule has 8 nitrogen and oxygen atoms in total. The number of ether oxygens (including phenoxy) is 2. The second-order valence-corrected chi connectivity index (χ2v) is 8.90. The Kier molecular flexibility index (Phi) is 5.30. The lowest BCUT2D eigenvalue weighted by atomic mass is 10.0. The van der Waals surface area contributed by atoms with Crippen LogP contribution >= 0.6 is 0 Å². The summed E-state index contributed by atoms with van der Waals surface area (Å²) < 4.78 is 16.8. The van der Waals surface area contributed by atoms with Gasteiger partial charge in [-0.05, 0) is 44.2 Å². The molecular weight excluding hydrogens is 470 g/mol. The molecule has 0 unspecified atom stereocenters. The molecule has 5 aromatic rings. The van der Waals surface area contributed by atoms with Crippen molar-refractivity contribution in [3.8, 4) is 22.9 Å². The molecule has 3 heterocycles. The number of nitrogens with zero attached hydrogens (tertiary/aromatic N) is 2. The Hall–Kier alpha value is -4.85. The van der Waals surface area contributed by atoms with Gasteiger partial charge in [0.25, 0.3) is 5.91 Å². The molecule has 0 saturated carbocycles. The van der Waals surface area contributed by atoms with E-state index in [9.17, 15) is 9.59 Å². The van der Waals surface area contributed by atoms with Gasteiger partial charge in [0.05, 0.1) is 16.6 Å². The number of nitrogens with one attached hydrogen (secondary N) is 1. The molecular formula is C29H23N3O5. The number of hydrogen-bond donors (Lipinski definition) is 1. The third kappa shape index (κ3) is 3.83. The number of ketones is 1. The molecule has 6 rings (SSSR count). The summed E-state index contributed by atoms with van der Waals surface area (Å²) in [5.74, 6) is 2.26. The standard InChI is InChI=1S/C29H23N3O5/c1-16-25(17(2)37-27(16)29(34)32(3)20-10-12-23-24(14-20)36-15-35-23)28-30-21-11-9-19(13-22(21)31-28)26(33)18-7-5-4-6-8-18/h4-14H,15H2,1-3H3,(H,30,31). The van der Waals surface area contributed by atoms with E-state index in [2.05, 4.69) is 4.98 Å². The average molecular weight is 494 g/mol. The van der Waals surface area contributed by atoms with Crippen molar-refractivity contribution in [1.82, 2.24) is 9.97 Å². The summed E-state index contributed by atoms with van der Waals surface area (Å²) in [7, 11) is 1.68. The fraction of sp³-hybridized carbons (Fsp3) is 0.138. The van der Waals surface area contributed by atoms with Crippen LogP contribution in [0.3, 0.4) is 0 Å². The Balaban J connectivity index is 1.32.